The molecular weight excluding hydrogens is 338 g/mol. The molecule has 0 aromatic heterocycles. The predicted octanol–water partition coefficient (Wildman–Crippen LogP) is 3.08. The van der Waals surface area contributed by atoms with Gasteiger partial charge in [-0.3, -0.25) is 0 Å². The van der Waals surface area contributed by atoms with Gasteiger partial charge in [-0.1, -0.05) is 13.8 Å². The molecule has 1 fully saturated rings. The van der Waals surface area contributed by atoms with E-state index < -0.39 is 17.6 Å². The van der Waals surface area contributed by atoms with E-state index in [1.807, 2.05) is 4.90 Å². The highest BCUT2D eigenvalue weighted by Crippen LogP contribution is 2.33. The summed E-state index contributed by atoms with van der Waals surface area (Å²) in [5.41, 5.74) is 10.0. The van der Waals surface area contributed by atoms with Crippen LogP contribution in [0.4, 0.5) is 23.2 Å². The van der Waals surface area contributed by atoms with E-state index >= 15 is 0 Å². The molecule has 0 bridgehead atoms. The Kier molecular flexibility index (Phi) is 5.54. The molecule has 25 heavy (non-hydrogen) atoms. The number of benzene rings is 1. The number of nitrogens with zero attached hydrogens (tertiary/aromatic N) is 3. The van der Waals surface area contributed by atoms with Gasteiger partial charge >= 0.3 is 6.18 Å². The van der Waals surface area contributed by atoms with Gasteiger partial charge in [0.2, 0.25) is 5.96 Å². The van der Waals surface area contributed by atoms with E-state index in [1.54, 1.807) is 0 Å². The highest BCUT2D eigenvalue weighted by atomic mass is 19.4. The molecule has 4 N–H and O–H groups in total. The van der Waals surface area contributed by atoms with Crippen LogP contribution < -0.4 is 11.5 Å². The number of hydrogen-bond acceptors (Lipinski definition) is 1. The zero-order valence-corrected chi connectivity index (χ0v) is 14.0. The highest BCUT2D eigenvalue weighted by Gasteiger charge is 2.34. The fraction of sp³-hybridized carbons (Fsp3) is 0.500. The van der Waals surface area contributed by atoms with Crippen LogP contribution >= 0.6 is 0 Å². The Balaban J connectivity index is 2.21. The number of guanidine groups is 2. The monoisotopic (exact) mass is 359 g/mol. The van der Waals surface area contributed by atoms with Gasteiger partial charge in [0.05, 0.1) is 11.3 Å². The van der Waals surface area contributed by atoms with Crippen molar-refractivity contribution in [1.29, 1.82) is 0 Å². The zero-order valence-electron chi connectivity index (χ0n) is 14.0. The number of piperidine rings is 1. The number of hydrogen-bond donors (Lipinski definition) is 2. The van der Waals surface area contributed by atoms with Crippen LogP contribution in [0.25, 0.3) is 0 Å². The fourth-order valence-electron chi connectivity index (χ4n) is 3.00. The van der Waals surface area contributed by atoms with Crippen molar-refractivity contribution in [2.45, 2.75) is 26.4 Å². The molecule has 1 heterocycles. The van der Waals surface area contributed by atoms with Gasteiger partial charge in [0.15, 0.2) is 5.96 Å². The lowest BCUT2D eigenvalue weighted by Gasteiger charge is -2.35. The molecule has 9 heteroatoms. The first kappa shape index (κ1) is 19.0. The van der Waals surface area contributed by atoms with E-state index in [1.165, 1.54) is 0 Å². The van der Waals surface area contributed by atoms with E-state index in [0.29, 0.717) is 24.0 Å². The summed E-state index contributed by atoms with van der Waals surface area (Å²) in [7, 11) is 0. The maximum atomic E-state index is 13.3. The average Bonchev–Trinajstić information content (AvgIpc) is 2.47. The van der Waals surface area contributed by atoms with Crippen molar-refractivity contribution in [3.63, 3.8) is 0 Å². The van der Waals surface area contributed by atoms with Crippen molar-refractivity contribution in [2.75, 3.05) is 13.1 Å². The second kappa shape index (κ2) is 7.28. The predicted molar refractivity (Wildman–Crippen MR) is 88.8 cm³/mol. The topological polar surface area (TPSA) is 80.0 Å². The van der Waals surface area contributed by atoms with Gasteiger partial charge in [0.1, 0.15) is 5.82 Å². The first-order valence-electron chi connectivity index (χ1n) is 7.86. The quantitative estimate of drug-likeness (QED) is 0.459. The van der Waals surface area contributed by atoms with E-state index in [9.17, 15) is 17.6 Å². The largest absolute Gasteiger partial charge is 0.419 e. The van der Waals surface area contributed by atoms with Crippen molar-refractivity contribution in [3.8, 4) is 0 Å². The third-order valence-corrected chi connectivity index (χ3v) is 3.92. The minimum Gasteiger partial charge on any atom is -0.369 e. The van der Waals surface area contributed by atoms with Gasteiger partial charge in [-0.2, -0.15) is 18.2 Å². The fourth-order valence-corrected chi connectivity index (χ4v) is 3.00. The van der Waals surface area contributed by atoms with Gasteiger partial charge in [-0.05, 0) is 36.5 Å². The van der Waals surface area contributed by atoms with Crippen molar-refractivity contribution >= 4 is 17.6 Å². The molecule has 1 aromatic carbocycles. The molecule has 1 saturated heterocycles. The Morgan fingerprint density at radius 3 is 2.32 bits per heavy atom. The maximum absolute atomic E-state index is 13.3. The number of halogens is 4. The van der Waals surface area contributed by atoms with Gasteiger partial charge in [-0.25, -0.2) is 9.38 Å². The molecule has 0 amide bonds. The number of rotatable bonds is 1. The van der Waals surface area contributed by atoms with Gasteiger partial charge in [0, 0.05) is 13.1 Å². The molecule has 1 aliphatic heterocycles. The lowest BCUT2D eigenvalue weighted by Crippen LogP contribution is -2.46. The summed E-state index contributed by atoms with van der Waals surface area (Å²) in [6, 6.07) is 2.36. The van der Waals surface area contributed by atoms with Crippen molar-refractivity contribution < 1.29 is 17.6 Å². The lowest BCUT2D eigenvalue weighted by molar-refractivity contribution is -0.139. The van der Waals surface area contributed by atoms with E-state index in [4.69, 9.17) is 11.5 Å². The summed E-state index contributed by atoms with van der Waals surface area (Å²) in [6.07, 6.45) is -3.73. The molecule has 138 valence electrons. The maximum Gasteiger partial charge on any atom is 0.419 e. The van der Waals surface area contributed by atoms with Crippen LogP contribution in [-0.4, -0.2) is 29.9 Å². The average molecular weight is 359 g/mol. The van der Waals surface area contributed by atoms with Gasteiger partial charge < -0.3 is 16.4 Å². The Morgan fingerprint density at radius 1 is 1.16 bits per heavy atom. The Hall–Kier alpha value is -2.32. The molecular formula is C16H21F4N5. The minimum absolute atomic E-state index is 0.150. The number of likely N-dealkylation sites (tertiary alicyclic amines) is 1. The standard InChI is InChI=1S/C16H21F4N5/c1-9-5-10(2)8-25(7-9)15(22)24-14(21)23-11-3-4-13(17)12(6-11)16(18,19)20/h3-4,6,9-10H,5,7-8H2,1-2H3,(H4,21,22,23,24). The van der Waals surface area contributed by atoms with Gasteiger partial charge in [0.25, 0.3) is 0 Å². The smallest absolute Gasteiger partial charge is 0.369 e. The molecule has 1 aliphatic rings. The van der Waals surface area contributed by atoms with Crippen molar-refractivity contribution in [1.82, 2.24) is 4.90 Å². The van der Waals surface area contributed by atoms with E-state index in [-0.39, 0.29) is 17.6 Å². The van der Waals surface area contributed by atoms with Crippen LogP contribution in [0.1, 0.15) is 25.8 Å². The van der Waals surface area contributed by atoms with Crippen LogP contribution in [0.15, 0.2) is 28.2 Å². The molecule has 2 atom stereocenters. The lowest BCUT2D eigenvalue weighted by atomic mass is 9.92. The third-order valence-electron chi connectivity index (χ3n) is 3.92. The van der Waals surface area contributed by atoms with Crippen molar-refractivity contribution in [2.24, 2.45) is 33.3 Å². The molecule has 0 spiro atoms. The first-order chi connectivity index (χ1) is 11.6. The SMILES string of the molecule is CC1CC(C)CN(C(N)=NC(N)=Nc2ccc(F)c(C(F)(F)F)c2)C1. The summed E-state index contributed by atoms with van der Waals surface area (Å²) in [5, 5.41) is 0. The minimum atomic E-state index is -4.81. The summed E-state index contributed by atoms with van der Waals surface area (Å²) in [4.78, 5) is 9.60. The van der Waals surface area contributed by atoms with Crippen LogP contribution in [-0.2, 0) is 6.18 Å². The summed E-state index contributed by atoms with van der Waals surface area (Å²) >= 11 is 0. The molecule has 2 unspecified atom stereocenters. The van der Waals surface area contributed by atoms with Crippen LogP contribution in [0.2, 0.25) is 0 Å². The second-order valence-electron chi connectivity index (χ2n) is 6.45. The molecule has 0 saturated carbocycles. The Bertz CT molecular complexity index is 674. The molecule has 0 radical (unpaired) electrons. The van der Waals surface area contributed by atoms with Crippen molar-refractivity contribution in [3.05, 3.63) is 29.6 Å². The van der Waals surface area contributed by atoms with E-state index in [2.05, 4.69) is 23.8 Å². The van der Waals surface area contributed by atoms with E-state index in [0.717, 1.165) is 25.6 Å². The second-order valence-corrected chi connectivity index (χ2v) is 6.45. The zero-order chi connectivity index (χ0) is 18.8. The molecule has 0 aliphatic carbocycles. The third kappa shape index (κ3) is 5.07. The van der Waals surface area contributed by atoms with Crippen LogP contribution in [0.3, 0.4) is 0 Å². The number of nitrogens with two attached hydrogens (primary N) is 2. The highest BCUT2D eigenvalue weighted by molar-refractivity contribution is 5.94. The summed E-state index contributed by atoms with van der Waals surface area (Å²) < 4.78 is 51.4. The normalized spacial score (nSPS) is 23.0. The van der Waals surface area contributed by atoms with Crippen LogP contribution in [0, 0.1) is 17.7 Å². The number of aliphatic imine (C=N–C) groups is 2. The first-order valence-corrected chi connectivity index (χ1v) is 7.86. The Labute approximate surface area is 143 Å². The van der Waals surface area contributed by atoms with Gasteiger partial charge in [-0.15, -0.1) is 0 Å². The molecule has 2 rings (SSSR count). The number of alkyl halides is 3. The molecule has 5 nitrogen and oxygen atoms in total. The summed E-state index contributed by atoms with van der Waals surface area (Å²) in [6.45, 7) is 5.65. The Morgan fingerprint density at radius 2 is 1.76 bits per heavy atom. The summed E-state index contributed by atoms with van der Waals surface area (Å²) in [5.74, 6) is -0.602. The molecule has 1 aromatic rings. The van der Waals surface area contributed by atoms with Crippen LogP contribution in [0.5, 0.6) is 0 Å².